The fourth-order valence-electron chi connectivity index (χ4n) is 5.13. The van der Waals surface area contributed by atoms with Crippen LogP contribution in [-0.2, 0) is 28.3 Å². The number of likely N-dealkylation sites (tertiary alicyclic amines) is 1. The number of imide groups is 1. The Kier molecular flexibility index (Phi) is 5.91. The molecule has 0 spiro atoms. The molecule has 2 N–H and O–H groups in total. The summed E-state index contributed by atoms with van der Waals surface area (Å²) in [6.07, 6.45) is 1.56. The van der Waals surface area contributed by atoms with E-state index in [0.717, 1.165) is 16.7 Å². The third-order valence-electron chi connectivity index (χ3n) is 7.13. The van der Waals surface area contributed by atoms with Crippen LogP contribution in [0.5, 0.6) is 0 Å². The van der Waals surface area contributed by atoms with Crippen LogP contribution < -0.4 is 5.32 Å². The lowest BCUT2D eigenvalue weighted by molar-refractivity contribution is -0.136. The standard InChI is InChI=1S/C25H25ClFN3O4/c26-19-11-15(1-4-20(19)27)13-29-9-7-25(34,8-10-29)17-2-3-18-16(12-17)14-30(24(18)33)21-5-6-22(31)28-23(21)32/h1-4,11-12,21,34H,5-10,13-14H2,(H,28,31,32). The third kappa shape index (κ3) is 4.21. The van der Waals surface area contributed by atoms with E-state index in [1.165, 1.54) is 11.0 Å². The average molecular weight is 486 g/mol. The molecule has 3 aliphatic heterocycles. The molecule has 0 aliphatic carbocycles. The van der Waals surface area contributed by atoms with E-state index in [1.54, 1.807) is 24.3 Å². The van der Waals surface area contributed by atoms with Gasteiger partial charge in [-0.25, -0.2) is 4.39 Å². The van der Waals surface area contributed by atoms with Gasteiger partial charge in [0.15, 0.2) is 0 Å². The Hall–Kier alpha value is -2.81. The first-order valence-electron chi connectivity index (χ1n) is 11.4. The van der Waals surface area contributed by atoms with Crippen molar-refractivity contribution in [1.29, 1.82) is 0 Å². The molecule has 1 unspecified atom stereocenters. The lowest BCUT2D eigenvalue weighted by atomic mass is 9.83. The molecule has 9 heteroatoms. The molecule has 7 nitrogen and oxygen atoms in total. The predicted molar refractivity (Wildman–Crippen MR) is 122 cm³/mol. The first-order valence-corrected chi connectivity index (χ1v) is 11.8. The molecule has 3 amide bonds. The topological polar surface area (TPSA) is 90.0 Å². The van der Waals surface area contributed by atoms with Gasteiger partial charge in [0.05, 0.1) is 10.6 Å². The number of nitrogens with zero attached hydrogens (tertiary/aromatic N) is 2. The summed E-state index contributed by atoms with van der Waals surface area (Å²) in [5.74, 6) is -1.42. The number of halogens is 2. The zero-order valence-corrected chi connectivity index (χ0v) is 19.3. The van der Waals surface area contributed by atoms with Crippen LogP contribution in [0.25, 0.3) is 0 Å². The normalized spacial score (nSPS) is 22.6. The van der Waals surface area contributed by atoms with Crippen LogP contribution in [-0.4, -0.2) is 51.8 Å². The number of hydrogen-bond acceptors (Lipinski definition) is 5. The molecule has 3 heterocycles. The number of carbonyl (C=O) groups is 3. The number of piperidine rings is 2. The molecule has 0 aromatic heterocycles. The summed E-state index contributed by atoms with van der Waals surface area (Å²) in [7, 11) is 0. The van der Waals surface area contributed by atoms with Crippen molar-refractivity contribution in [3.05, 3.63) is 69.5 Å². The number of hydrogen-bond donors (Lipinski definition) is 2. The fraction of sp³-hybridized carbons (Fsp3) is 0.400. The van der Waals surface area contributed by atoms with E-state index in [2.05, 4.69) is 10.2 Å². The second-order valence-corrected chi connectivity index (χ2v) is 9.74. The fourth-order valence-corrected chi connectivity index (χ4v) is 5.33. The minimum Gasteiger partial charge on any atom is -0.385 e. The van der Waals surface area contributed by atoms with Gasteiger partial charge in [-0.3, -0.25) is 24.6 Å². The maximum atomic E-state index is 13.4. The summed E-state index contributed by atoms with van der Waals surface area (Å²) < 4.78 is 13.4. The first-order chi connectivity index (χ1) is 16.2. The molecule has 2 fully saturated rings. The number of nitrogens with one attached hydrogen (secondary N) is 1. The molecule has 3 aliphatic rings. The van der Waals surface area contributed by atoms with Crippen molar-refractivity contribution in [2.24, 2.45) is 0 Å². The van der Waals surface area contributed by atoms with Gasteiger partial charge in [0.25, 0.3) is 5.91 Å². The summed E-state index contributed by atoms with van der Waals surface area (Å²) in [5, 5.41) is 13.8. The molecular weight excluding hydrogens is 461 g/mol. The maximum absolute atomic E-state index is 13.4. The lowest BCUT2D eigenvalue weighted by Gasteiger charge is -2.38. The molecular formula is C25H25ClFN3O4. The summed E-state index contributed by atoms with van der Waals surface area (Å²) in [5.41, 5.74) is 1.97. The first kappa shape index (κ1) is 23.0. The average Bonchev–Trinajstić information content (AvgIpc) is 3.13. The second kappa shape index (κ2) is 8.76. The molecule has 0 radical (unpaired) electrons. The summed E-state index contributed by atoms with van der Waals surface area (Å²) in [6.45, 7) is 2.21. The van der Waals surface area contributed by atoms with Gasteiger partial charge in [0.1, 0.15) is 11.9 Å². The van der Waals surface area contributed by atoms with Crippen molar-refractivity contribution in [3.63, 3.8) is 0 Å². The van der Waals surface area contributed by atoms with Gasteiger partial charge in [-0.05, 0) is 54.2 Å². The molecule has 0 saturated carbocycles. The van der Waals surface area contributed by atoms with Gasteiger partial charge in [-0.15, -0.1) is 0 Å². The Morgan fingerprint density at radius 2 is 1.88 bits per heavy atom. The van der Waals surface area contributed by atoms with E-state index in [9.17, 15) is 23.9 Å². The van der Waals surface area contributed by atoms with Crippen molar-refractivity contribution in [3.8, 4) is 0 Å². The molecule has 34 heavy (non-hydrogen) atoms. The van der Waals surface area contributed by atoms with Crippen molar-refractivity contribution >= 4 is 29.3 Å². The predicted octanol–water partition coefficient (Wildman–Crippen LogP) is 2.72. The molecule has 2 aromatic carbocycles. The second-order valence-electron chi connectivity index (χ2n) is 9.33. The highest BCUT2D eigenvalue weighted by atomic mass is 35.5. The number of carbonyl (C=O) groups excluding carboxylic acids is 3. The molecule has 5 rings (SSSR count). The maximum Gasteiger partial charge on any atom is 0.255 e. The quantitative estimate of drug-likeness (QED) is 0.650. The minimum atomic E-state index is -1.02. The Morgan fingerprint density at radius 3 is 2.59 bits per heavy atom. The Bertz CT molecular complexity index is 1180. The van der Waals surface area contributed by atoms with E-state index >= 15 is 0 Å². The van der Waals surface area contributed by atoms with Crippen LogP contribution in [0.4, 0.5) is 4.39 Å². The van der Waals surface area contributed by atoms with Crippen molar-refractivity contribution in [1.82, 2.24) is 15.1 Å². The van der Waals surface area contributed by atoms with Crippen LogP contribution >= 0.6 is 11.6 Å². The number of fused-ring (bicyclic) bond motifs is 1. The Labute approximate surface area is 201 Å². The van der Waals surface area contributed by atoms with Gasteiger partial charge in [-0.2, -0.15) is 0 Å². The lowest BCUT2D eigenvalue weighted by Crippen LogP contribution is -2.52. The van der Waals surface area contributed by atoms with E-state index < -0.39 is 23.4 Å². The van der Waals surface area contributed by atoms with Gasteiger partial charge in [0.2, 0.25) is 11.8 Å². The number of aliphatic hydroxyl groups is 1. The summed E-state index contributed by atoms with van der Waals surface area (Å²) in [6, 6.07) is 9.43. The van der Waals surface area contributed by atoms with Crippen LogP contribution in [0.2, 0.25) is 5.02 Å². The van der Waals surface area contributed by atoms with E-state index in [4.69, 9.17) is 11.6 Å². The third-order valence-corrected chi connectivity index (χ3v) is 7.42. The molecule has 2 aromatic rings. The molecule has 2 saturated heterocycles. The largest absolute Gasteiger partial charge is 0.385 e. The molecule has 0 bridgehead atoms. The number of benzene rings is 2. The monoisotopic (exact) mass is 485 g/mol. The SMILES string of the molecule is O=C1CCC(N2Cc3cc(C4(O)CCN(Cc5ccc(F)c(Cl)c5)CC4)ccc3C2=O)C(=O)N1. The highest BCUT2D eigenvalue weighted by Crippen LogP contribution is 2.37. The van der Waals surface area contributed by atoms with Crippen molar-refractivity contribution in [2.75, 3.05) is 13.1 Å². The van der Waals surface area contributed by atoms with Crippen LogP contribution in [0.1, 0.15) is 52.7 Å². The Morgan fingerprint density at radius 1 is 1.12 bits per heavy atom. The van der Waals surface area contributed by atoms with Crippen molar-refractivity contribution < 1.29 is 23.9 Å². The highest BCUT2D eigenvalue weighted by molar-refractivity contribution is 6.30. The molecule has 1 atom stereocenters. The Balaban J connectivity index is 1.26. The van der Waals surface area contributed by atoms with E-state index in [0.29, 0.717) is 44.5 Å². The highest BCUT2D eigenvalue weighted by Gasteiger charge is 2.40. The van der Waals surface area contributed by atoms with E-state index in [1.807, 2.05) is 6.07 Å². The minimum absolute atomic E-state index is 0.102. The zero-order valence-electron chi connectivity index (χ0n) is 18.5. The zero-order chi connectivity index (χ0) is 24.0. The van der Waals surface area contributed by atoms with Crippen LogP contribution in [0.15, 0.2) is 36.4 Å². The number of rotatable bonds is 4. The smallest absolute Gasteiger partial charge is 0.255 e. The van der Waals surface area contributed by atoms with Gasteiger partial charge >= 0.3 is 0 Å². The van der Waals surface area contributed by atoms with Gasteiger partial charge in [0, 0.05) is 38.2 Å². The molecule has 178 valence electrons. The van der Waals surface area contributed by atoms with E-state index in [-0.39, 0.29) is 29.8 Å². The van der Waals surface area contributed by atoms with Gasteiger partial charge in [-0.1, -0.05) is 29.8 Å². The van der Waals surface area contributed by atoms with Crippen molar-refractivity contribution in [2.45, 2.75) is 50.4 Å². The number of amides is 3. The summed E-state index contributed by atoms with van der Waals surface area (Å²) in [4.78, 5) is 40.3. The van der Waals surface area contributed by atoms with Crippen LogP contribution in [0.3, 0.4) is 0 Å². The van der Waals surface area contributed by atoms with Gasteiger partial charge < -0.3 is 10.0 Å². The summed E-state index contributed by atoms with van der Waals surface area (Å²) >= 11 is 5.89. The van der Waals surface area contributed by atoms with Crippen LogP contribution in [0, 0.1) is 5.82 Å².